The molecule has 2 aromatic carbocycles. The van der Waals surface area contributed by atoms with Crippen LogP contribution in [0.3, 0.4) is 0 Å². The SMILES string of the molecule is O=C(Nc1ccc(F)cc1F)c1cnc(NCCc2ccccc2F)cn1. The molecule has 138 valence electrons. The van der Waals surface area contributed by atoms with Gasteiger partial charge in [0.2, 0.25) is 0 Å². The third-order valence-electron chi connectivity index (χ3n) is 3.72. The second kappa shape index (κ2) is 8.31. The van der Waals surface area contributed by atoms with Crippen molar-refractivity contribution in [1.29, 1.82) is 0 Å². The molecule has 5 nitrogen and oxygen atoms in total. The van der Waals surface area contributed by atoms with Gasteiger partial charge in [0, 0.05) is 12.6 Å². The van der Waals surface area contributed by atoms with E-state index in [0.717, 1.165) is 12.1 Å². The molecule has 3 rings (SSSR count). The molecule has 27 heavy (non-hydrogen) atoms. The van der Waals surface area contributed by atoms with E-state index in [1.165, 1.54) is 18.5 Å². The zero-order valence-electron chi connectivity index (χ0n) is 14.0. The highest BCUT2D eigenvalue weighted by Crippen LogP contribution is 2.16. The topological polar surface area (TPSA) is 66.9 Å². The number of nitrogens with zero attached hydrogens (tertiary/aromatic N) is 2. The number of halogens is 3. The number of rotatable bonds is 6. The molecule has 0 fully saturated rings. The minimum absolute atomic E-state index is 0.0293. The zero-order chi connectivity index (χ0) is 19.2. The number of anilines is 2. The van der Waals surface area contributed by atoms with Crippen molar-refractivity contribution in [3.63, 3.8) is 0 Å². The number of amides is 1. The van der Waals surface area contributed by atoms with Crippen molar-refractivity contribution in [3.8, 4) is 0 Å². The molecule has 1 aromatic heterocycles. The van der Waals surface area contributed by atoms with E-state index in [9.17, 15) is 18.0 Å². The predicted molar refractivity (Wildman–Crippen MR) is 94.9 cm³/mol. The van der Waals surface area contributed by atoms with Gasteiger partial charge < -0.3 is 10.6 Å². The summed E-state index contributed by atoms with van der Waals surface area (Å²) in [6.07, 6.45) is 3.03. The van der Waals surface area contributed by atoms with Crippen molar-refractivity contribution < 1.29 is 18.0 Å². The first kappa shape index (κ1) is 18.4. The molecule has 8 heteroatoms. The monoisotopic (exact) mass is 372 g/mol. The summed E-state index contributed by atoms with van der Waals surface area (Å²) >= 11 is 0. The van der Waals surface area contributed by atoms with Gasteiger partial charge in [-0.25, -0.2) is 23.1 Å². The Hall–Kier alpha value is -3.42. The molecule has 3 aromatic rings. The van der Waals surface area contributed by atoms with Crippen LogP contribution in [0.25, 0.3) is 0 Å². The quantitative estimate of drug-likeness (QED) is 0.691. The molecule has 0 saturated carbocycles. The predicted octanol–water partition coefficient (Wildman–Crippen LogP) is 3.80. The Morgan fingerprint density at radius 2 is 1.78 bits per heavy atom. The molecule has 2 N–H and O–H groups in total. The highest BCUT2D eigenvalue weighted by molar-refractivity contribution is 6.02. The fourth-order valence-corrected chi connectivity index (χ4v) is 2.34. The van der Waals surface area contributed by atoms with Crippen molar-refractivity contribution in [1.82, 2.24) is 9.97 Å². The van der Waals surface area contributed by atoms with Gasteiger partial charge in [0.15, 0.2) is 0 Å². The second-order valence-corrected chi connectivity index (χ2v) is 5.63. The molecule has 0 aliphatic rings. The molecular formula is C19H15F3N4O. The standard InChI is InChI=1S/C19H15F3N4O/c20-13-5-6-16(15(22)9-13)26-19(27)17-10-25-18(11-24-17)23-8-7-12-3-1-2-4-14(12)21/h1-6,9-11H,7-8H2,(H,23,25)(H,26,27). The largest absolute Gasteiger partial charge is 0.368 e. The van der Waals surface area contributed by atoms with E-state index in [1.807, 2.05) is 0 Å². The lowest BCUT2D eigenvalue weighted by Crippen LogP contribution is -2.16. The van der Waals surface area contributed by atoms with Gasteiger partial charge in [-0.2, -0.15) is 0 Å². The van der Waals surface area contributed by atoms with Gasteiger partial charge in [0.25, 0.3) is 5.91 Å². The van der Waals surface area contributed by atoms with Gasteiger partial charge in [-0.1, -0.05) is 18.2 Å². The van der Waals surface area contributed by atoms with Crippen molar-refractivity contribution in [2.75, 3.05) is 17.2 Å². The lowest BCUT2D eigenvalue weighted by molar-refractivity contribution is 0.102. The van der Waals surface area contributed by atoms with Crippen LogP contribution in [0, 0.1) is 17.5 Å². The highest BCUT2D eigenvalue weighted by Gasteiger charge is 2.12. The maximum absolute atomic E-state index is 13.6. The Labute approximate surface area is 153 Å². The Bertz CT molecular complexity index is 948. The number of hydrogen-bond donors (Lipinski definition) is 2. The van der Waals surface area contributed by atoms with E-state index >= 15 is 0 Å². The highest BCUT2D eigenvalue weighted by atomic mass is 19.1. The summed E-state index contributed by atoms with van der Waals surface area (Å²) in [5.41, 5.74) is 0.393. The molecule has 0 spiro atoms. The molecule has 0 aliphatic heterocycles. The van der Waals surface area contributed by atoms with Crippen LogP contribution in [-0.4, -0.2) is 22.4 Å². The normalized spacial score (nSPS) is 10.5. The smallest absolute Gasteiger partial charge is 0.275 e. The molecule has 1 amide bonds. The fraction of sp³-hybridized carbons (Fsp3) is 0.105. The second-order valence-electron chi connectivity index (χ2n) is 5.63. The van der Waals surface area contributed by atoms with Gasteiger partial charge >= 0.3 is 0 Å². The van der Waals surface area contributed by atoms with Crippen LogP contribution in [0.4, 0.5) is 24.7 Å². The summed E-state index contributed by atoms with van der Waals surface area (Å²) in [4.78, 5) is 20.1. The van der Waals surface area contributed by atoms with Crippen molar-refractivity contribution in [2.24, 2.45) is 0 Å². The Kier molecular flexibility index (Phi) is 5.65. The minimum Gasteiger partial charge on any atom is -0.368 e. The van der Waals surface area contributed by atoms with Crippen LogP contribution in [-0.2, 0) is 6.42 Å². The molecule has 0 bridgehead atoms. The summed E-state index contributed by atoms with van der Waals surface area (Å²) < 4.78 is 40.0. The fourth-order valence-electron chi connectivity index (χ4n) is 2.34. The summed E-state index contributed by atoms with van der Waals surface area (Å²) in [6.45, 7) is 0.432. The zero-order valence-corrected chi connectivity index (χ0v) is 14.0. The molecule has 0 radical (unpaired) electrons. The Balaban J connectivity index is 1.56. The lowest BCUT2D eigenvalue weighted by atomic mass is 10.1. The number of benzene rings is 2. The lowest BCUT2D eigenvalue weighted by Gasteiger charge is -2.08. The van der Waals surface area contributed by atoms with E-state index in [0.29, 0.717) is 30.4 Å². The number of carbonyl (C=O) groups is 1. The van der Waals surface area contributed by atoms with Gasteiger partial charge in [0.05, 0.1) is 18.1 Å². The van der Waals surface area contributed by atoms with Gasteiger partial charge in [-0.15, -0.1) is 0 Å². The number of carbonyl (C=O) groups excluding carboxylic acids is 1. The van der Waals surface area contributed by atoms with Crippen molar-refractivity contribution in [2.45, 2.75) is 6.42 Å². The average molecular weight is 372 g/mol. The van der Waals surface area contributed by atoms with E-state index in [-0.39, 0.29) is 17.2 Å². The minimum atomic E-state index is -0.886. The van der Waals surface area contributed by atoms with Crippen molar-refractivity contribution >= 4 is 17.4 Å². The summed E-state index contributed by atoms with van der Waals surface area (Å²) in [7, 11) is 0. The van der Waals surface area contributed by atoms with Crippen LogP contribution in [0.1, 0.15) is 16.1 Å². The van der Waals surface area contributed by atoms with Crippen LogP contribution in [0.5, 0.6) is 0 Å². The van der Waals surface area contributed by atoms with Gasteiger partial charge in [-0.05, 0) is 30.2 Å². The van der Waals surface area contributed by atoms with Crippen LogP contribution in [0.15, 0.2) is 54.9 Å². The summed E-state index contributed by atoms with van der Waals surface area (Å²) in [6, 6.07) is 9.30. The summed E-state index contributed by atoms with van der Waals surface area (Å²) in [5, 5.41) is 5.28. The molecule has 0 saturated heterocycles. The maximum atomic E-state index is 13.6. The van der Waals surface area contributed by atoms with Gasteiger partial charge in [0.1, 0.15) is 29.0 Å². The Morgan fingerprint density at radius 1 is 0.963 bits per heavy atom. The maximum Gasteiger partial charge on any atom is 0.275 e. The van der Waals surface area contributed by atoms with E-state index in [2.05, 4.69) is 20.6 Å². The number of hydrogen-bond acceptors (Lipinski definition) is 4. The van der Waals surface area contributed by atoms with E-state index < -0.39 is 17.5 Å². The first-order chi connectivity index (χ1) is 13.0. The van der Waals surface area contributed by atoms with Crippen LogP contribution >= 0.6 is 0 Å². The first-order valence-electron chi connectivity index (χ1n) is 8.08. The van der Waals surface area contributed by atoms with Crippen LogP contribution < -0.4 is 10.6 Å². The summed E-state index contributed by atoms with van der Waals surface area (Å²) in [5.74, 6) is -2.16. The third-order valence-corrected chi connectivity index (χ3v) is 3.72. The van der Waals surface area contributed by atoms with Gasteiger partial charge in [-0.3, -0.25) is 4.79 Å². The first-order valence-corrected chi connectivity index (χ1v) is 8.08. The number of aromatic nitrogens is 2. The Morgan fingerprint density at radius 3 is 2.48 bits per heavy atom. The molecule has 0 aliphatic carbocycles. The average Bonchev–Trinajstić information content (AvgIpc) is 2.66. The molecule has 1 heterocycles. The van der Waals surface area contributed by atoms with Crippen LogP contribution in [0.2, 0.25) is 0 Å². The van der Waals surface area contributed by atoms with E-state index in [4.69, 9.17) is 0 Å². The third kappa shape index (κ3) is 4.81. The number of nitrogens with one attached hydrogen (secondary N) is 2. The molecular weight excluding hydrogens is 357 g/mol. The molecule has 0 atom stereocenters. The van der Waals surface area contributed by atoms with E-state index in [1.54, 1.807) is 18.2 Å². The molecule has 0 unspecified atom stereocenters. The van der Waals surface area contributed by atoms with Crippen molar-refractivity contribution in [3.05, 3.63) is 83.6 Å².